The second-order valence-electron chi connectivity index (χ2n) is 3.57. The molecule has 1 rings (SSSR count). The number of ether oxygens (including phenoxy) is 4. The van der Waals surface area contributed by atoms with E-state index in [1.165, 1.54) is 18.2 Å². The van der Waals surface area contributed by atoms with E-state index in [2.05, 4.69) is 0 Å². The summed E-state index contributed by atoms with van der Waals surface area (Å²) in [6.45, 7) is 1.45. The van der Waals surface area contributed by atoms with Crippen LogP contribution in [0.2, 0.25) is 0 Å². The second-order valence-corrected chi connectivity index (χ2v) is 3.57. The lowest BCUT2D eigenvalue weighted by atomic mass is 10.3. The molecule has 0 aliphatic carbocycles. The first-order chi connectivity index (χ1) is 9.19. The second kappa shape index (κ2) is 8.28. The number of methoxy groups -OCH3 is 2. The van der Waals surface area contributed by atoms with Crippen LogP contribution in [-0.4, -0.2) is 45.6 Å². The minimum Gasteiger partial charge on any atom is -0.487 e. The van der Waals surface area contributed by atoms with Gasteiger partial charge in [0, 0.05) is 20.3 Å². The van der Waals surface area contributed by atoms with Gasteiger partial charge >= 0.3 is 0 Å². The molecule has 7 heteroatoms. The van der Waals surface area contributed by atoms with E-state index in [1.54, 1.807) is 14.2 Å². The van der Waals surface area contributed by atoms with Crippen LogP contribution in [0, 0.1) is 10.1 Å². The van der Waals surface area contributed by atoms with Gasteiger partial charge in [-0.2, -0.15) is 0 Å². The molecule has 0 heterocycles. The maximum atomic E-state index is 10.7. The Balaban J connectivity index is 2.78. The van der Waals surface area contributed by atoms with E-state index in [-0.39, 0.29) is 12.3 Å². The highest BCUT2D eigenvalue weighted by Gasteiger charge is 2.13. The van der Waals surface area contributed by atoms with E-state index in [1.807, 2.05) is 0 Å². The average Bonchev–Trinajstić information content (AvgIpc) is 2.40. The number of nitrogens with zero attached hydrogens (tertiary/aromatic N) is 1. The molecule has 0 spiro atoms. The van der Waals surface area contributed by atoms with Gasteiger partial charge in [0.2, 0.25) is 0 Å². The number of hydrogen-bond acceptors (Lipinski definition) is 6. The van der Waals surface area contributed by atoms with Crippen molar-refractivity contribution in [1.82, 2.24) is 0 Å². The zero-order valence-electron chi connectivity index (χ0n) is 11.0. The summed E-state index contributed by atoms with van der Waals surface area (Å²) >= 11 is 0. The van der Waals surface area contributed by atoms with Crippen molar-refractivity contribution in [2.45, 2.75) is 0 Å². The third-order valence-corrected chi connectivity index (χ3v) is 2.23. The van der Waals surface area contributed by atoms with Crippen molar-refractivity contribution in [3.8, 4) is 11.5 Å². The smallest absolute Gasteiger partial charge is 0.273 e. The van der Waals surface area contributed by atoms with Crippen molar-refractivity contribution >= 4 is 5.69 Å². The fourth-order valence-corrected chi connectivity index (χ4v) is 1.31. The molecule has 0 saturated carbocycles. The Morgan fingerprint density at radius 1 is 1.00 bits per heavy atom. The zero-order valence-corrected chi connectivity index (χ0v) is 11.0. The first kappa shape index (κ1) is 15.2. The van der Waals surface area contributed by atoms with Crippen LogP contribution in [0.4, 0.5) is 5.69 Å². The van der Waals surface area contributed by atoms with Gasteiger partial charge < -0.3 is 18.9 Å². The highest BCUT2D eigenvalue weighted by atomic mass is 16.6. The van der Waals surface area contributed by atoms with Crippen LogP contribution in [-0.2, 0) is 9.47 Å². The summed E-state index contributed by atoms with van der Waals surface area (Å²) in [7, 11) is 3.11. The first-order valence-corrected chi connectivity index (χ1v) is 5.71. The minimum atomic E-state index is -0.484. The number of rotatable bonds is 9. The molecule has 19 heavy (non-hydrogen) atoms. The summed E-state index contributed by atoms with van der Waals surface area (Å²) in [6, 6.07) is 4.21. The highest BCUT2D eigenvalue weighted by molar-refractivity contribution is 5.48. The Bertz CT molecular complexity index is 409. The van der Waals surface area contributed by atoms with Crippen molar-refractivity contribution < 1.29 is 23.9 Å². The SMILES string of the molecule is COCCOc1ccc([N+](=O)[O-])cc1OCCOC. The molecule has 0 N–H and O–H groups in total. The van der Waals surface area contributed by atoms with Gasteiger partial charge in [-0.05, 0) is 6.07 Å². The van der Waals surface area contributed by atoms with Gasteiger partial charge in [-0.1, -0.05) is 0 Å². The molecule has 0 fully saturated rings. The van der Waals surface area contributed by atoms with Crippen LogP contribution in [0.3, 0.4) is 0 Å². The van der Waals surface area contributed by atoms with Crippen LogP contribution in [0.15, 0.2) is 18.2 Å². The van der Waals surface area contributed by atoms with E-state index in [9.17, 15) is 10.1 Å². The molecule has 0 unspecified atom stereocenters. The molecule has 0 aliphatic rings. The van der Waals surface area contributed by atoms with E-state index < -0.39 is 4.92 Å². The lowest BCUT2D eigenvalue weighted by Crippen LogP contribution is -2.08. The van der Waals surface area contributed by atoms with Crippen molar-refractivity contribution in [3.63, 3.8) is 0 Å². The standard InChI is InChI=1S/C12H17NO6/c1-16-5-7-18-11-4-3-10(13(14)15)9-12(11)19-8-6-17-2/h3-4,9H,5-8H2,1-2H3. The van der Waals surface area contributed by atoms with Crippen molar-refractivity contribution in [3.05, 3.63) is 28.3 Å². The van der Waals surface area contributed by atoms with Crippen molar-refractivity contribution in [1.29, 1.82) is 0 Å². The van der Waals surface area contributed by atoms with Crippen LogP contribution in [0.25, 0.3) is 0 Å². The van der Waals surface area contributed by atoms with Gasteiger partial charge in [0.1, 0.15) is 13.2 Å². The quantitative estimate of drug-likeness (QED) is 0.386. The van der Waals surface area contributed by atoms with Crippen molar-refractivity contribution in [2.24, 2.45) is 0 Å². The lowest BCUT2D eigenvalue weighted by molar-refractivity contribution is -0.385. The average molecular weight is 271 g/mol. The van der Waals surface area contributed by atoms with Crippen molar-refractivity contribution in [2.75, 3.05) is 40.6 Å². The van der Waals surface area contributed by atoms with E-state index in [0.717, 1.165) is 0 Å². The number of hydrogen-bond donors (Lipinski definition) is 0. The molecule has 0 aliphatic heterocycles. The monoisotopic (exact) mass is 271 g/mol. The Hall–Kier alpha value is -1.86. The molecule has 7 nitrogen and oxygen atoms in total. The Kier molecular flexibility index (Phi) is 6.62. The number of nitro groups is 1. The normalized spacial score (nSPS) is 10.2. The van der Waals surface area contributed by atoms with E-state index in [4.69, 9.17) is 18.9 Å². The number of benzene rings is 1. The molecule has 1 aromatic rings. The summed E-state index contributed by atoms with van der Waals surface area (Å²) in [5.74, 6) is 0.765. The Morgan fingerprint density at radius 3 is 2.11 bits per heavy atom. The molecule has 0 aromatic heterocycles. The van der Waals surface area contributed by atoms with Crippen LogP contribution in [0.1, 0.15) is 0 Å². The predicted octanol–water partition coefficient (Wildman–Crippen LogP) is 1.65. The van der Waals surface area contributed by atoms with Gasteiger partial charge in [0.05, 0.1) is 24.2 Å². The molecule has 0 saturated heterocycles. The Morgan fingerprint density at radius 2 is 1.58 bits per heavy atom. The van der Waals surface area contributed by atoms with Crippen LogP contribution >= 0.6 is 0 Å². The fourth-order valence-electron chi connectivity index (χ4n) is 1.31. The molecule has 0 bridgehead atoms. The highest BCUT2D eigenvalue weighted by Crippen LogP contribution is 2.31. The minimum absolute atomic E-state index is 0.0495. The van der Waals surface area contributed by atoms with E-state index >= 15 is 0 Å². The predicted molar refractivity (Wildman–Crippen MR) is 67.8 cm³/mol. The molecular formula is C12H17NO6. The molecule has 0 radical (unpaired) electrons. The topological polar surface area (TPSA) is 80.1 Å². The number of nitro benzene ring substituents is 1. The zero-order chi connectivity index (χ0) is 14.1. The largest absolute Gasteiger partial charge is 0.487 e. The van der Waals surface area contributed by atoms with Gasteiger partial charge in [-0.3, -0.25) is 10.1 Å². The van der Waals surface area contributed by atoms with Crippen LogP contribution in [0.5, 0.6) is 11.5 Å². The summed E-state index contributed by atoms with van der Waals surface area (Å²) in [4.78, 5) is 10.2. The maximum Gasteiger partial charge on any atom is 0.273 e. The third-order valence-electron chi connectivity index (χ3n) is 2.23. The summed E-state index contributed by atoms with van der Waals surface area (Å²) in [5, 5.41) is 10.7. The lowest BCUT2D eigenvalue weighted by Gasteiger charge is -2.12. The van der Waals surface area contributed by atoms with Gasteiger partial charge in [0.15, 0.2) is 11.5 Å². The molecule has 106 valence electrons. The fraction of sp³-hybridized carbons (Fsp3) is 0.500. The van der Waals surface area contributed by atoms with E-state index in [0.29, 0.717) is 31.3 Å². The van der Waals surface area contributed by atoms with Gasteiger partial charge in [-0.15, -0.1) is 0 Å². The maximum absolute atomic E-state index is 10.7. The van der Waals surface area contributed by atoms with Gasteiger partial charge in [-0.25, -0.2) is 0 Å². The first-order valence-electron chi connectivity index (χ1n) is 5.71. The molecule has 1 aromatic carbocycles. The summed E-state index contributed by atoms with van der Waals surface area (Å²) in [6.07, 6.45) is 0. The Labute approximate surface area is 111 Å². The molecule has 0 amide bonds. The molecular weight excluding hydrogens is 254 g/mol. The van der Waals surface area contributed by atoms with Crippen LogP contribution < -0.4 is 9.47 Å². The molecule has 0 atom stereocenters. The summed E-state index contributed by atoms with van der Waals surface area (Å²) in [5.41, 5.74) is -0.0495. The number of non-ortho nitro benzene ring substituents is 1. The summed E-state index contributed by atoms with van der Waals surface area (Å²) < 4.78 is 20.6. The third kappa shape index (κ3) is 5.11. The van der Waals surface area contributed by atoms with Gasteiger partial charge in [0.25, 0.3) is 5.69 Å².